The van der Waals surface area contributed by atoms with Gasteiger partial charge >= 0.3 is 6.18 Å². The number of hydrogen-bond acceptors (Lipinski definition) is 5. The Morgan fingerprint density at radius 3 is 2.07 bits per heavy atom. The van der Waals surface area contributed by atoms with E-state index in [0.717, 1.165) is 23.1 Å². The lowest BCUT2D eigenvalue weighted by Gasteiger charge is -2.13. The zero-order chi connectivity index (χ0) is 20.3. The average molecular weight is 392 g/mol. The summed E-state index contributed by atoms with van der Waals surface area (Å²) < 4.78 is 43.2. The topological polar surface area (TPSA) is 78.9 Å². The van der Waals surface area contributed by atoms with Crippen molar-refractivity contribution in [3.63, 3.8) is 0 Å². The summed E-state index contributed by atoms with van der Waals surface area (Å²) in [5.41, 5.74) is -0.174. The fourth-order valence-corrected chi connectivity index (χ4v) is 2.52. The number of alkyl halides is 3. The Morgan fingerprint density at radius 1 is 0.964 bits per heavy atom. The first-order valence-electron chi connectivity index (χ1n) is 8.18. The second-order valence-corrected chi connectivity index (χ2v) is 5.85. The van der Waals surface area contributed by atoms with Crippen molar-refractivity contribution in [3.05, 3.63) is 65.9 Å². The number of amides is 2. The maximum absolute atomic E-state index is 12.6. The van der Waals surface area contributed by atoms with Gasteiger partial charge in [0.15, 0.2) is 0 Å². The van der Waals surface area contributed by atoms with Crippen LogP contribution in [-0.4, -0.2) is 35.0 Å². The number of imide groups is 1. The fourth-order valence-electron chi connectivity index (χ4n) is 2.52. The van der Waals surface area contributed by atoms with Crippen LogP contribution < -0.4 is 10.1 Å². The SMILES string of the molecule is O=C1C=C(Nc2ccc(Oc3ccc(C(F)(F)F)cc3)cc2)C(=O)N1CCO. The highest BCUT2D eigenvalue weighted by Crippen LogP contribution is 2.31. The van der Waals surface area contributed by atoms with Crippen molar-refractivity contribution in [1.29, 1.82) is 0 Å². The lowest BCUT2D eigenvalue weighted by molar-refractivity contribution is -0.138. The number of nitrogens with one attached hydrogen (secondary N) is 1. The highest BCUT2D eigenvalue weighted by molar-refractivity contribution is 6.17. The summed E-state index contributed by atoms with van der Waals surface area (Å²) in [5, 5.41) is 11.7. The van der Waals surface area contributed by atoms with E-state index in [2.05, 4.69) is 5.32 Å². The van der Waals surface area contributed by atoms with Gasteiger partial charge in [0, 0.05) is 11.8 Å². The molecule has 28 heavy (non-hydrogen) atoms. The lowest BCUT2D eigenvalue weighted by atomic mass is 10.2. The number of carbonyl (C=O) groups excluding carboxylic acids is 2. The van der Waals surface area contributed by atoms with Crippen molar-refractivity contribution in [3.8, 4) is 11.5 Å². The summed E-state index contributed by atoms with van der Waals surface area (Å²) in [6, 6.07) is 10.6. The summed E-state index contributed by atoms with van der Waals surface area (Å²) in [4.78, 5) is 24.7. The maximum Gasteiger partial charge on any atom is 0.416 e. The molecule has 0 aliphatic carbocycles. The van der Waals surface area contributed by atoms with Crippen LogP contribution >= 0.6 is 0 Å². The molecule has 2 N–H and O–H groups in total. The van der Waals surface area contributed by atoms with Crippen molar-refractivity contribution in [2.75, 3.05) is 18.5 Å². The van der Waals surface area contributed by atoms with Crippen molar-refractivity contribution in [1.82, 2.24) is 4.90 Å². The van der Waals surface area contributed by atoms with Crippen LogP contribution in [0.2, 0.25) is 0 Å². The number of aliphatic hydroxyl groups excluding tert-OH is 1. The van der Waals surface area contributed by atoms with Gasteiger partial charge in [-0.05, 0) is 48.5 Å². The molecule has 0 saturated carbocycles. The fraction of sp³-hybridized carbons (Fsp3) is 0.158. The zero-order valence-corrected chi connectivity index (χ0v) is 14.4. The lowest BCUT2D eigenvalue weighted by Crippen LogP contribution is -2.34. The molecule has 0 radical (unpaired) electrons. The number of rotatable bonds is 6. The largest absolute Gasteiger partial charge is 0.457 e. The second kappa shape index (κ2) is 7.73. The van der Waals surface area contributed by atoms with Crippen LogP contribution in [0.1, 0.15) is 5.56 Å². The number of ether oxygens (including phenoxy) is 1. The molecule has 9 heteroatoms. The third-order valence-electron chi connectivity index (χ3n) is 3.88. The molecule has 1 aliphatic heterocycles. The van der Waals surface area contributed by atoms with Crippen LogP contribution in [0.4, 0.5) is 18.9 Å². The number of aliphatic hydroxyl groups is 1. The predicted octanol–water partition coefficient (Wildman–Crippen LogP) is 3.15. The average Bonchev–Trinajstić information content (AvgIpc) is 2.91. The molecule has 0 fully saturated rings. The normalized spacial score (nSPS) is 14.3. The van der Waals surface area contributed by atoms with Crippen LogP contribution in [-0.2, 0) is 15.8 Å². The number of carbonyl (C=O) groups is 2. The third-order valence-corrected chi connectivity index (χ3v) is 3.88. The Balaban J connectivity index is 1.63. The van der Waals surface area contributed by atoms with E-state index in [4.69, 9.17) is 9.84 Å². The molecule has 3 rings (SSSR count). The smallest absolute Gasteiger partial charge is 0.416 e. The van der Waals surface area contributed by atoms with E-state index in [0.29, 0.717) is 11.4 Å². The molecule has 0 aromatic heterocycles. The minimum atomic E-state index is -4.41. The summed E-state index contributed by atoms with van der Waals surface area (Å²) in [6.45, 7) is -0.409. The van der Waals surface area contributed by atoms with Gasteiger partial charge in [-0.1, -0.05) is 0 Å². The molecule has 0 bridgehead atoms. The molecule has 2 amide bonds. The molecule has 1 heterocycles. The van der Waals surface area contributed by atoms with Gasteiger partial charge in [0.2, 0.25) is 0 Å². The molecule has 1 aliphatic rings. The van der Waals surface area contributed by atoms with E-state index in [1.54, 1.807) is 24.3 Å². The minimum absolute atomic E-state index is 0.0786. The van der Waals surface area contributed by atoms with Gasteiger partial charge in [-0.2, -0.15) is 13.2 Å². The highest BCUT2D eigenvalue weighted by Gasteiger charge is 2.31. The molecule has 2 aromatic carbocycles. The van der Waals surface area contributed by atoms with E-state index in [1.807, 2.05) is 0 Å². The maximum atomic E-state index is 12.6. The first kappa shape index (κ1) is 19.4. The Labute approximate surface area is 157 Å². The van der Waals surface area contributed by atoms with E-state index >= 15 is 0 Å². The van der Waals surface area contributed by atoms with E-state index in [-0.39, 0.29) is 24.6 Å². The minimum Gasteiger partial charge on any atom is -0.457 e. The molecule has 2 aromatic rings. The van der Waals surface area contributed by atoms with Gasteiger partial charge in [-0.3, -0.25) is 14.5 Å². The predicted molar refractivity (Wildman–Crippen MR) is 93.5 cm³/mol. The summed E-state index contributed by atoms with van der Waals surface area (Å²) in [5.74, 6) is -0.421. The second-order valence-electron chi connectivity index (χ2n) is 5.85. The first-order chi connectivity index (χ1) is 13.3. The Bertz CT molecular complexity index is 906. The van der Waals surface area contributed by atoms with Crippen molar-refractivity contribution >= 4 is 17.5 Å². The summed E-state index contributed by atoms with van der Waals surface area (Å²) in [6.07, 6.45) is -3.27. The van der Waals surface area contributed by atoms with Crippen molar-refractivity contribution in [2.45, 2.75) is 6.18 Å². The Kier molecular flexibility index (Phi) is 5.36. The number of benzene rings is 2. The summed E-state index contributed by atoms with van der Waals surface area (Å²) in [7, 11) is 0. The molecule has 0 atom stereocenters. The van der Waals surface area contributed by atoms with Crippen LogP contribution in [0.5, 0.6) is 11.5 Å². The quantitative estimate of drug-likeness (QED) is 0.739. The number of nitrogens with zero attached hydrogens (tertiary/aromatic N) is 1. The van der Waals surface area contributed by atoms with Gasteiger partial charge in [-0.15, -0.1) is 0 Å². The van der Waals surface area contributed by atoms with Gasteiger partial charge in [0.25, 0.3) is 11.8 Å². The van der Waals surface area contributed by atoms with E-state index in [1.165, 1.54) is 12.1 Å². The van der Waals surface area contributed by atoms with Gasteiger partial charge in [0.1, 0.15) is 17.2 Å². The molecule has 146 valence electrons. The van der Waals surface area contributed by atoms with Crippen LogP contribution in [0.15, 0.2) is 60.3 Å². The van der Waals surface area contributed by atoms with E-state index in [9.17, 15) is 22.8 Å². The molecule has 6 nitrogen and oxygen atoms in total. The highest BCUT2D eigenvalue weighted by atomic mass is 19.4. The van der Waals surface area contributed by atoms with Crippen molar-refractivity contribution in [2.24, 2.45) is 0 Å². The van der Waals surface area contributed by atoms with E-state index < -0.39 is 23.6 Å². The van der Waals surface area contributed by atoms with Crippen LogP contribution in [0.25, 0.3) is 0 Å². The third kappa shape index (κ3) is 4.32. The molecular formula is C19H15F3N2O4. The molecule has 0 spiro atoms. The van der Waals surface area contributed by atoms with Crippen LogP contribution in [0.3, 0.4) is 0 Å². The van der Waals surface area contributed by atoms with Crippen molar-refractivity contribution < 1.29 is 32.6 Å². The molecule has 0 saturated heterocycles. The van der Waals surface area contributed by atoms with Crippen LogP contribution in [0, 0.1) is 0 Å². The van der Waals surface area contributed by atoms with Gasteiger partial charge in [-0.25, -0.2) is 0 Å². The number of hydrogen-bond donors (Lipinski definition) is 2. The Morgan fingerprint density at radius 2 is 1.54 bits per heavy atom. The molecular weight excluding hydrogens is 377 g/mol. The number of anilines is 1. The first-order valence-corrected chi connectivity index (χ1v) is 8.18. The standard InChI is InChI=1S/C19H15F3N2O4/c20-19(21,22)12-1-5-14(6-2-12)28-15-7-3-13(4-8-15)23-16-11-17(26)24(9-10-25)18(16)27/h1-8,11,23,25H,9-10H2. The van der Waals surface area contributed by atoms with Gasteiger partial charge in [0.05, 0.1) is 18.7 Å². The zero-order valence-electron chi connectivity index (χ0n) is 14.4. The summed E-state index contributed by atoms with van der Waals surface area (Å²) >= 11 is 0. The van der Waals surface area contributed by atoms with Gasteiger partial charge < -0.3 is 15.2 Å². The Hall–Kier alpha value is -3.33. The molecule has 0 unspecified atom stereocenters. The number of β-amino-alcohol motifs (C(OH)–C–C–N with tert-alkyl or cyclic N) is 1. The number of halogens is 3. The monoisotopic (exact) mass is 392 g/mol.